The van der Waals surface area contributed by atoms with Crippen molar-refractivity contribution in [2.45, 2.75) is 18.8 Å². The normalized spacial score (nSPS) is 22.5. The molecular weight excluding hydrogens is 290 g/mol. The molecule has 104 valence electrons. The average Bonchev–Trinajstić information content (AvgIpc) is 2.13. The molecule has 0 unspecified atom stereocenters. The van der Waals surface area contributed by atoms with E-state index in [9.17, 15) is 34.8 Å². The van der Waals surface area contributed by atoms with Crippen molar-refractivity contribution in [1.82, 2.24) is 0 Å². The Hall–Kier alpha value is -1.03. The number of rotatable bonds is 1. The van der Waals surface area contributed by atoms with Crippen molar-refractivity contribution in [3.05, 3.63) is 22.6 Å². The standard InChI is InChI=1S/C8H6F6O3S/c9-7(10,11)4-1-5(8(12,13)14)3-6(2-4)18(15,16)17/h1-2,5H,3H2,(H,15,16,17)/t5-/m1/s1. The van der Waals surface area contributed by atoms with Gasteiger partial charge in [0.05, 0.1) is 16.4 Å². The Morgan fingerprint density at radius 3 is 2.00 bits per heavy atom. The molecule has 1 aliphatic carbocycles. The van der Waals surface area contributed by atoms with E-state index < -0.39 is 45.3 Å². The Kier molecular flexibility index (Phi) is 3.56. The smallest absolute Gasteiger partial charge is 0.282 e. The zero-order valence-electron chi connectivity index (χ0n) is 8.38. The van der Waals surface area contributed by atoms with Crippen molar-refractivity contribution in [2.75, 3.05) is 0 Å². The van der Waals surface area contributed by atoms with Crippen LogP contribution in [0.2, 0.25) is 0 Å². The lowest BCUT2D eigenvalue weighted by atomic mass is 9.95. The first kappa shape index (κ1) is 15.0. The minimum Gasteiger partial charge on any atom is -0.282 e. The third-order valence-electron chi connectivity index (χ3n) is 2.20. The molecule has 0 saturated heterocycles. The summed E-state index contributed by atoms with van der Waals surface area (Å²) in [5.41, 5.74) is -1.75. The van der Waals surface area contributed by atoms with Crippen molar-refractivity contribution in [2.24, 2.45) is 5.92 Å². The fraction of sp³-hybridized carbons (Fsp3) is 0.500. The Labute approximate surface area is 97.5 Å². The molecule has 0 heterocycles. The van der Waals surface area contributed by atoms with Crippen LogP contribution in [-0.4, -0.2) is 25.3 Å². The molecule has 0 spiro atoms. The van der Waals surface area contributed by atoms with Gasteiger partial charge in [0.2, 0.25) is 0 Å². The van der Waals surface area contributed by atoms with Crippen molar-refractivity contribution in [3.63, 3.8) is 0 Å². The molecule has 1 rings (SSSR count). The van der Waals surface area contributed by atoms with Crippen LogP contribution < -0.4 is 0 Å². The second-order valence-corrected chi connectivity index (χ2v) is 5.03. The molecule has 1 aliphatic rings. The summed E-state index contributed by atoms with van der Waals surface area (Å²) in [6.45, 7) is 0. The van der Waals surface area contributed by atoms with Gasteiger partial charge in [0.15, 0.2) is 0 Å². The van der Waals surface area contributed by atoms with Gasteiger partial charge in [-0.05, 0) is 6.08 Å². The Bertz CT molecular complexity index is 496. The lowest BCUT2D eigenvalue weighted by Crippen LogP contribution is -2.28. The maximum atomic E-state index is 12.3. The Balaban J connectivity index is 3.30. The highest BCUT2D eigenvalue weighted by Crippen LogP contribution is 2.41. The SMILES string of the molecule is O=S(=O)(O)C1=CC(C(F)(F)F)=C[C@@H](C(F)(F)F)C1. The van der Waals surface area contributed by atoms with Crippen LogP contribution in [0.3, 0.4) is 0 Å². The van der Waals surface area contributed by atoms with Crippen LogP contribution in [0.25, 0.3) is 0 Å². The van der Waals surface area contributed by atoms with Crippen LogP contribution in [0.5, 0.6) is 0 Å². The van der Waals surface area contributed by atoms with Gasteiger partial charge in [-0.2, -0.15) is 34.8 Å². The summed E-state index contributed by atoms with van der Waals surface area (Å²) in [5.74, 6) is -2.60. The first-order chi connectivity index (χ1) is 7.82. The molecule has 0 amide bonds. The first-order valence-corrected chi connectivity index (χ1v) is 5.79. The van der Waals surface area contributed by atoms with Gasteiger partial charge in [-0.15, -0.1) is 0 Å². The fourth-order valence-corrected chi connectivity index (χ4v) is 2.01. The maximum Gasteiger partial charge on any atom is 0.416 e. The van der Waals surface area contributed by atoms with Gasteiger partial charge in [-0.1, -0.05) is 6.08 Å². The molecule has 0 aromatic heterocycles. The minimum atomic E-state index is -5.13. The van der Waals surface area contributed by atoms with E-state index in [1.54, 1.807) is 0 Å². The lowest BCUT2D eigenvalue weighted by Gasteiger charge is -2.23. The Morgan fingerprint density at radius 2 is 1.67 bits per heavy atom. The third kappa shape index (κ3) is 3.48. The molecule has 0 fully saturated rings. The van der Waals surface area contributed by atoms with Gasteiger partial charge in [-0.3, -0.25) is 4.55 Å². The van der Waals surface area contributed by atoms with Crippen LogP contribution in [0.15, 0.2) is 22.6 Å². The van der Waals surface area contributed by atoms with Gasteiger partial charge >= 0.3 is 12.4 Å². The largest absolute Gasteiger partial charge is 0.416 e. The topological polar surface area (TPSA) is 54.4 Å². The predicted molar refractivity (Wildman–Crippen MR) is 47.9 cm³/mol. The van der Waals surface area contributed by atoms with Gasteiger partial charge < -0.3 is 0 Å². The van der Waals surface area contributed by atoms with Gasteiger partial charge in [-0.25, -0.2) is 0 Å². The third-order valence-corrected chi connectivity index (χ3v) is 3.14. The summed E-state index contributed by atoms with van der Waals surface area (Å²) in [6, 6.07) is 0. The lowest BCUT2D eigenvalue weighted by molar-refractivity contribution is -0.162. The van der Waals surface area contributed by atoms with Gasteiger partial charge in [0, 0.05) is 6.42 Å². The second kappa shape index (κ2) is 4.26. The molecule has 1 atom stereocenters. The number of hydrogen-bond acceptors (Lipinski definition) is 2. The predicted octanol–water partition coefficient (Wildman–Crippen LogP) is 2.83. The highest BCUT2D eigenvalue weighted by atomic mass is 32.2. The first-order valence-electron chi connectivity index (χ1n) is 4.35. The molecule has 18 heavy (non-hydrogen) atoms. The number of hydrogen-bond donors (Lipinski definition) is 1. The molecule has 0 aliphatic heterocycles. The van der Waals surface area contributed by atoms with Crippen molar-refractivity contribution in [3.8, 4) is 0 Å². The molecule has 1 N–H and O–H groups in total. The molecule has 0 radical (unpaired) electrons. The van der Waals surface area contributed by atoms with Crippen LogP contribution in [0, 0.1) is 5.92 Å². The van der Waals surface area contributed by atoms with E-state index >= 15 is 0 Å². The quantitative estimate of drug-likeness (QED) is 0.598. The van der Waals surface area contributed by atoms with Gasteiger partial charge in [0.25, 0.3) is 10.1 Å². The van der Waals surface area contributed by atoms with E-state index in [-0.39, 0.29) is 12.2 Å². The maximum absolute atomic E-state index is 12.3. The van der Waals surface area contributed by atoms with Gasteiger partial charge in [0.1, 0.15) is 0 Å². The molecular formula is C8H6F6O3S. The highest BCUT2D eigenvalue weighted by molar-refractivity contribution is 7.89. The van der Waals surface area contributed by atoms with Crippen molar-refractivity contribution < 1.29 is 39.3 Å². The van der Waals surface area contributed by atoms with Crippen LogP contribution in [0.1, 0.15) is 6.42 Å². The summed E-state index contributed by atoms with van der Waals surface area (Å²) in [4.78, 5) is -1.31. The second-order valence-electron chi connectivity index (χ2n) is 3.56. The van der Waals surface area contributed by atoms with E-state index in [1.165, 1.54) is 0 Å². The zero-order valence-corrected chi connectivity index (χ0v) is 9.20. The molecule has 3 nitrogen and oxygen atoms in total. The van der Waals surface area contributed by atoms with Crippen LogP contribution >= 0.6 is 0 Å². The van der Waals surface area contributed by atoms with E-state index in [0.29, 0.717) is 0 Å². The fourth-order valence-electron chi connectivity index (χ4n) is 1.34. The van der Waals surface area contributed by atoms with Crippen LogP contribution in [-0.2, 0) is 10.1 Å². The monoisotopic (exact) mass is 296 g/mol. The highest BCUT2D eigenvalue weighted by Gasteiger charge is 2.45. The number of halogens is 6. The Morgan fingerprint density at radius 1 is 1.17 bits per heavy atom. The number of allylic oxidation sites excluding steroid dienone is 4. The van der Waals surface area contributed by atoms with Crippen LogP contribution in [0.4, 0.5) is 26.3 Å². The summed E-state index contributed by atoms with van der Waals surface area (Å²) in [6.07, 6.45) is -11.5. The van der Waals surface area contributed by atoms with E-state index in [4.69, 9.17) is 4.55 Å². The number of alkyl halides is 6. The summed E-state index contributed by atoms with van der Waals surface area (Å²) in [5, 5.41) is 0. The zero-order chi connectivity index (χ0) is 14.4. The molecule has 10 heteroatoms. The summed E-state index contributed by atoms with van der Waals surface area (Å²) < 4.78 is 104. The van der Waals surface area contributed by atoms with E-state index in [1.807, 2.05) is 0 Å². The van der Waals surface area contributed by atoms with E-state index in [0.717, 1.165) is 0 Å². The average molecular weight is 296 g/mol. The molecule has 0 bridgehead atoms. The van der Waals surface area contributed by atoms with E-state index in [2.05, 4.69) is 0 Å². The molecule has 0 aromatic carbocycles. The van der Waals surface area contributed by atoms with Crippen molar-refractivity contribution >= 4 is 10.1 Å². The summed E-state index contributed by atoms with van der Waals surface area (Å²) in [7, 11) is -5.09. The summed E-state index contributed by atoms with van der Waals surface area (Å²) >= 11 is 0. The minimum absolute atomic E-state index is 0.00241. The van der Waals surface area contributed by atoms with Crippen molar-refractivity contribution in [1.29, 1.82) is 0 Å². The molecule has 0 aromatic rings. The molecule has 0 saturated carbocycles.